The second kappa shape index (κ2) is 9.40. The van der Waals surface area contributed by atoms with Crippen molar-refractivity contribution >= 4 is 35.0 Å². The molecule has 0 amide bonds. The average molecular weight is 493 g/mol. The van der Waals surface area contributed by atoms with E-state index < -0.39 is 11.7 Å². The van der Waals surface area contributed by atoms with E-state index in [4.69, 9.17) is 16.6 Å². The summed E-state index contributed by atoms with van der Waals surface area (Å²) in [5, 5.41) is 0.532. The lowest BCUT2D eigenvalue weighted by Gasteiger charge is -2.18. The van der Waals surface area contributed by atoms with Crippen LogP contribution in [0.5, 0.6) is 0 Å². The van der Waals surface area contributed by atoms with E-state index in [9.17, 15) is 13.2 Å². The maximum Gasteiger partial charge on any atom is 0.416 e. The molecule has 0 fully saturated rings. The highest BCUT2D eigenvalue weighted by molar-refractivity contribution is 6.31. The van der Waals surface area contributed by atoms with Crippen LogP contribution in [0.3, 0.4) is 0 Å². The fourth-order valence-corrected chi connectivity index (χ4v) is 4.02. The van der Waals surface area contributed by atoms with Crippen LogP contribution < -0.4 is 0 Å². The summed E-state index contributed by atoms with van der Waals surface area (Å²) in [7, 11) is 0. The lowest BCUT2D eigenvalue weighted by Crippen LogP contribution is -2.10. The Kier molecular flexibility index (Phi) is 7.15. The summed E-state index contributed by atoms with van der Waals surface area (Å²) in [5.74, 6) is 0.708. The van der Waals surface area contributed by atoms with Gasteiger partial charge in [0.15, 0.2) is 0 Å². The number of nitrogens with one attached hydrogen (secondary N) is 1. The van der Waals surface area contributed by atoms with Gasteiger partial charge in [-0.1, -0.05) is 56.6 Å². The first kappa shape index (κ1) is 25.1. The summed E-state index contributed by atoms with van der Waals surface area (Å²) in [6, 6.07) is 17.4. The highest BCUT2D eigenvalue weighted by Gasteiger charge is 2.32. The summed E-state index contributed by atoms with van der Waals surface area (Å²) in [6.07, 6.45) is -3.73. The van der Waals surface area contributed by atoms with Crippen LogP contribution >= 0.6 is 24.0 Å². The van der Waals surface area contributed by atoms with Crippen molar-refractivity contribution in [3.63, 3.8) is 0 Å². The van der Waals surface area contributed by atoms with E-state index >= 15 is 0 Å². The number of fused-ring (bicyclic) bond motifs is 1. The highest BCUT2D eigenvalue weighted by atomic mass is 35.5. The molecule has 174 valence electrons. The third-order valence-electron chi connectivity index (χ3n) is 5.65. The monoisotopic (exact) mass is 492 g/mol. The van der Waals surface area contributed by atoms with Crippen LogP contribution in [0.25, 0.3) is 22.4 Å². The Hall–Kier alpha value is -2.50. The number of hydrogen-bond acceptors (Lipinski definition) is 1. The van der Waals surface area contributed by atoms with Crippen molar-refractivity contribution in [2.45, 2.75) is 45.2 Å². The largest absolute Gasteiger partial charge is 0.416 e. The van der Waals surface area contributed by atoms with E-state index in [1.54, 1.807) is 12.1 Å². The molecule has 0 saturated heterocycles. The molecule has 1 aromatic heterocycles. The van der Waals surface area contributed by atoms with E-state index in [0.717, 1.165) is 28.2 Å². The van der Waals surface area contributed by atoms with Crippen molar-refractivity contribution in [2.24, 2.45) is 0 Å². The van der Waals surface area contributed by atoms with Gasteiger partial charge in [-0.25, -0.2) is 4.98 Å². The normalized spacial score (nSPS) is 12.1. The molecule has 0 aliphatic carbocycles. The van der Waals surface area contributed by atoms with Gasteiger partial charge in [-0.3, -0.25) is 0 Å². The first-order valence-electron chi connectivity index (χ1n) is 10.5. The third kappa shape index (κ3) is 5.53. The van der Waals surface area contributed by atoms with Gasteiger partial charge in [0.05, 0.1) is 16.6 Å². The Labute approximate surface area is 202 Å². The molecule has 4 rings (SSSR count). The molecular formula is C26H25Cl2F3N2. The molecule has 1 heterocycles. The van der Waals surface area contributed by atoms with Crippen LogP contribution in [0.15, 0.2) is 60.7 Å². The number of benzene rings is 3. The van der Waals surface area contributed by atoms with Gasteiger partial charge < -0.3 is 4.98 Å². The maximum atomic E-state index is 13.3. The zero-order valence-electron chi connectivity index (χ0n) is 18.6. The van der Waals surface area contributed by atoms with E-state index in [-0.39, 0.29) is 29.8 Å². The molecule has 7 heteroatoms. The summed E-state index contributed by atoms with van der Waals surface area (Å²) in [5.41, 5.74) is 4.35. The second-order valence-electron chi connectivity index (χ2n) is 9.03. The number of H-pyrrole nitrogens is 1. The number of halogens is 5. The molecule has 1 N–H and O–H groups in total. The van der Waals surface area contributed by atoms with Gasteiger partial charge in [0.1, 0.15) is 5.82 Å². The first-order valence-corrected chi connectivity index (χ1v) is 10.8. The average Bonchev–Trinajstić information content (AvgIpc) is 3.15. The molecule has 0 radical (unpaired) electrons. The minimum atomic E-state index is -4.37. The minimum Gasteiger partial charge on any atom is -0.338 e. The summed E-state index contributed by atoms with van der Waals surface area (Å²) in [4.78, 5) is 8.07. The zero-order valence-corrected chi connectivity index (χ0v) is 20.1. The van der Waals surface area contributed by atoms with E-state index in [1.807, 2.05) is 18.2 Å². The van der Waals surface area contributed by atoms with Gasteiger partial charge in [-0.2, -0.15) is 13.2 Å². The lowest BCUT2D eigenvalue weighted by molar-refractivity contribution is -0.138. The molecule has 0 aliphatic rings. The number of aromatic amines is 1. The van der Waals surface area contributed by atoms with Crippen LogP contribution in [0.1, 0.15) is 43.0 Å². The van der Waals surface area contributed by atoms with Crippen LogP contribution in [0.2, 0.25) is 5.02 Å². The Morgan fingerprint density at radius 2 is 1.58 bits per heavy atom. The predicted molar refractivity (Wildman–Crippen MR) is 131 cm³/mol. The highest BCUT2D eigenvalue weighted by Crippen LogP contribution is 2.33. The Bertz CT molecular complexity index is 1270. The molecule has 0 aliphatic heterocycles. The number of hydrogen-bond donors (Lipinski definition) is 1. The predicted octanol–water partition coefficient (Wildman–Crippen LogP) is 8.41. The van der Waals surface area contributed by atoms with Crippen LogP contribution in [0.4, 0.5) is 13.2 Å². The molecule has 4 aromatic rings. The molecule has 3 aromatic carbocycles. The first-order chi connectivity index (χ1) is 15.0. The molecule has 0 bridgehead atoms. The number of aryl methyl sites for hydroxylation is 2. The summed E-state index contributed by atoms with van der Waals surface area (Å²) < 4.78 is 39.9. The Balaban J connectivity index is 0.00000306. The van der Waals surface area contributed by atoms with Crippen LogP contribution in [-0.2, 0) is 24.4 Å². The molecule has 33 heavy (non-hydrogen) atoms. The van der Waals surface area contributed by atoms with Gasteiger partial charge >= 0.3 is 6.18 Å². The number of aromatic nitrogens is 2. The third-order valence-corrected chi connectivity index (χ3v) is 6.02. The van der Waals surface area contributed by atoms with E-state index in [2.05, 4.69) is 37.9 Å². The topological polar surface area (TPSA) is 28.7 Å². The Morgan fingerprint density at radius 3 is 2.27 bits per heavy atom. The maximum absolute atomic E-state index is 13.3. The Morgan fingerprint density at radius 1 is 0.879 bits per heavy atom. The van der Waals surface area contributed by atoms with Crippen molar-refractivity contribution in [1.29, 1.82) is 0 Å². The smallest absolute Gasteiger partial charge is 0.338 e. The van der Waals surface area contributed by atoms with Crippen molar-refractivity contribution in [3.05, 3.63) is 87.9 Å². The van der Waals surface area contributed by atoms with Crippen molar-refractivity contribution in [3.8, 4) is 11.4 Å². The van der Waals surface area contributed by atoms with E-state index in [1.165, 1.54) is 17.7 Å². The number of imidazole rings is 1. The van der Waals surface area contributed by atoms with Gasteiger partial charge in [0.25, 0.3) is 0 Å². The van der Waals surface area contributed by atoms with Gasteiger partial charge in [-0.15, -0.1) is 12.4 Å². The quantitative estimate of drug-likeness (QED) is 0.304. The van der Waals surface area contributed by atoms with E-state index in [0.29, 0.717) is 17.3 Å². The molecule has 2 nitrogen and oxygen atoms in total. The number of rotatable bonds is 4. The minimum absolute atomic E-state index is 0. The lowest BCUT2D eigenvalue weighted by atomic mass is 9.87. The van der Waals surface area contributed by atoms with Crippen LogP contribution in [0, 0.1) is 0 Å². The molecule has 0 spiro atoms. The summed E-state index contributed by atoms with van der Waals surface area (Å²) in [6.45, 7) is 6.48. The SMILES string of the molecule is CC(C)(C)c1ccc2nc(-c3ccc(Cl)c(CCc4ccccc4C(F)(F)F)c3)[nH]c2c1.Cl. The van der Waals surface area contributed by atoms with Crippen molar-refractivity contribution < 1.29 is 13.2 Å². The standard InChI is InChI=1S/C26H24ClF3N2.ClH/c1-25(2,3)19-11-13-22-23(15-19)32-24(31-22)18-10-12-21(27)17(14-18)9-8-16-6-4-5-7-20(16)26(28,29)30;/h4-7,10-15H,8-9H2,1-3H3,(H,31,32);1H. The fourth-order valence-electron chi connectivity index (χ4n) is 3.81. The molecule has 0 atom stereocenters. The van der Waals surface area contributed by atoms with Gasteiger partial charge in [0.2, 0.25) is 0 Å². The number of alkyl halides is 3. The molecule has 0 saturated carbocycles. The van der Waals surface area contributed by atoms with Crippen molar-refractivity contribution in [2.75, 3.05) is 0 Å². The zero-order chi connectivity index (χ0) is 23.1. The molecule has 0 unspecified atom stereocenters. The second-order valence-corrected chi connectivity index (χ2v) is 9.44. The number of nitrogens with zero attached hydrogens (tertiary/aromatic N) is 1. The van der Waals surface area contributed by atoms with Crippen molar-refractivity contribution in [1.82, 2.24) is 9.97 Å². The molecular weight excluding hydrogens is 468 g/mol. The fraction of sp³-hybridized carbons (Fsp3) is 0.269. The van der Waals surface area contributed by atoms with Crippen LogP contribution in [-0.4, -0.2) is 9.97 Å². The summed E-state index contributed by atoms with van der Waals surface area (Å²) >= 11 is 6.38. The van der Waals surface area contributed by atoms with Gasteiger partial charge in [0, 0.05) is 10.6 Å². The van der Waals surface area contributed by atoms with Gasteiger partial charge in [-0.05, 0) is 71.3 Å².